The Morgan fingerprint density at radius 3 is 2.62 bits per heavy atom. The highest BCUT2D eigenvalue weighted by atomic mass is 16.6. The molecular formula is C10H22N2O. The summed E-state index contributed by atoms with van der Waals surface area (Å²) in [6, 6.07) is 0.361. The van der Waals surface area contributed by atoms with Gasteiger partial charge in [0.1, 0.15) is 0 Å². The molecule has 0 saturated heterocycles. The van der Waals surface area contributed by atoms with Crippen LogP contribution in [0.4, 0.5) is 0 Å². The first kappa shape index (κ1) is 11.0. The zero-order valence-electron chi connectivity index (χ0n) is 8.59. The SMILES string of the molecule is CCONC(CN)C1CCCCC1. The van der Waals surface area contributed by atoms with E-state index >= 15 is 0 Å². The van der Waals surface area contributed by atoms with Gasteiger partial charge in [0.2, 0.25) is 0 Å². The second kappa shape index (κ2) is 6.35. The van der Waals surface area contributed by atoms with Crippen molar-refractivity contribution in [2.45, 2.75) is 45.1 Å². The molecule has 0 bridgehead atoms. The van der Waals surface area contributed by atoms with E-state index in [1.165, 1.54) is 32.1 Å². The Labute approximate surface area is 81.0 Å². The molecule has 1 aliphatic rings. The minimum atomic E-state index is 0.361. The normalized spacial score (nSPS) is 21.7. The minimum Gasteiger partial charge on any atom is -0.329 e. The molecule has 1 saturated carbocycles. The van der Waals surface area contributed by atoms with E-state index in [1.54, 1.807) is 0 Å². The van der Waals surface area contributed by atoms with Crippen molar-refractivity contribution < 1.29 is 4.84 Å². The van der Waals surface area contributed by atoms with Crippen molar-refractivity contribution >= 4 is 0 Å². The predicted octanol–water partition coefficient (Wildman–Crippen LogP) is 1.44. The van der Waals surface area contributed by atoms with Crippen LogP contribution in [0.5, 0.6) is 0 Å². The third kappa shape index (κ3) is 3.63. The van der Waals surface area contributed by atoms with Crippen LogP contribution in [-0.2, 0) is 4.84 Å². The number of rotatable bonds is 5. The highest BCUT2D eigenvalue weighted by Gasteiger charge is 2.22. The fourth-order valence-electron chi connectivity index (χ4n) is 2.06. The predicted molar refractivity (Wildman–Crippen MR) is 54.2 cm³/mol. The first-order valence-electron chi connectivity index (χ1n) is 5.45. The first-order valence-corrected chi connectivity index (χ1v) is 5.45. The minimum absolute atomic E-state index is 0.361. The van der Waals surface area contributed by atoms with Crippen LogP contribution in [0, 0.1) is 5.92 Å². The molecule has 0 aromatic heterocycles. The summed E-state index contributed by atoms with van der Waals surface area (Å²) in [5, 5.41) is 0. The van der Waals surface area contributed by atoms with Crippen molar-refractivity contribution in [3.05, 3.63) is 0 Å². The van der Waals surface area contributed by atoms with Crippen molar-refractivity contribution in [3.63, 3.8) is 0 Å². The molecule has 1 atom stereocenters. The third-order valence-electron chi connectivity index (χ3n) is 2.85. The van der Waals surface area contributed by atoms with Gasteiger partial charge in [-0.15, -0.1) is 0 Å². The highest BCUT2D eigenvalue weighted by Crippen LogP contribution is 2.26. The average Bonchev–Trinajstić information content (AvgIpc) is 2.21. The van der Waals surface area contributed by atoms with Gasteiger partial charge in [0.05, 0.1) is 6.61 Å². The third-order valence-corrected chi connectivity index (χ3v) is 2.85. The van der Waals surface area contributed by atoms with E-state index in [0.29, 0.717) is 19.2 Å². The van der Waals surface area contributed by atoms with Crippen LogP contribution in [0.15, 0.2) is 0 Å². The van der Waals surface area contributed by atoms with E-state index in [4.69, 9.17) is 10.6 Å². The molecule has 1 aliphatic carbocycles. The average molecular weight is 186 g/mol. The summed E-state index contributed by atoms with van der Waals surface area (Å²) < 4.78 is 0. The lowest BCUT2D eigenvalue weighted by Crippen LogP contribution is -2.42. The molecule has 3 N–H and O–H groups in total. The fraction of sp³-hybridized carbons (Fsp3) is 1.00. The largest absolute Gasteiger partial charge is 0.329 e. The number of nitrogens with two attached hydrogens (primary N) is 1. The molecule has 1 rings (SSSR count). The molecule has 3 heteroatoms. The van der Waals surface area contributed by atoms with Gasteiger partial charge in [-0.1, -0.05) is 19.3 Å². The maximum absolute atomic E-state index is 5.70. The molecule has 1 unspecified atom stereocenters. The van der Waals surface area contributed by atoms with Crippen molar-refractivity contribution in [3.8, 4) is 0 Å². The summed E-state index contributed by atoms with van der Waals surface area (Å²) in [4.78, 5) is 5.21. The summed E-state index contributed by atoms with van der Waals surface area (Å²) in [6.45, 7) is 3.38. The number of hydrogen-bond donors (Lipinski definition) is 2. The van der Waals surface area contributed by atoms with E-state index in [2.05, 4.69) is 5.48 Å². The van der Waals surface area contributed by atoms with Gasteiger partial charge in [0.25, 0.3) is 0 Å². The van der Waals surface area contributed by atoms with Crippen molar-refractivity contribution in [1.82, 2.24) is 5.48 Å². The van der Waals surface area contributed by atoms with E-state index < -0.39 is 0 Å². The van der Waals surface area contributed by atoms with Gasteiger partial charge in [0, 0.05) is 12.6 Å². The lowest BCUT2D eigenvalue weighted by molar-refractivity contribution is 0.00606. The zero-order valence-corrected chi connectivity index (χ0v) is 8.59. The summed E-state index contributed by atoms with van der Waals surface area (Å²) in [5.74, 6) is 0.727. The smallest absolute Gasteiger partial charge is 0.0654 e. The highest BCUT2D eigenvalue weighted by molar-refractivity contribution is 4.77. The van der Waals surface area contributed by atoms with Crippen LogP contribution < -0.4 is 11.2 Å². The molecule has 0 aromatic rings. The quantitative estimate of drug-likeness (QED) is 0.639. The van der Waals surface area contributed by atoms with Crippen LogP contribution in [0.2, 0.25) is 0 Å². The Morgan fingerprint density at radius 1 is 1.38 bits per heavy atom. The van der Waals surface area contributed by atoms with Crippen LogP contribution in [0.25, 0.3) is 0 Å². The molecule has 0 amide bonds. The summed E-state index contributed by atoms with van der Waals surface area (Å²) in [6.07, 6.45) is 6.72. The van der Waals surface area contributed by atoms with Crippen LogP contribution in [0.3, 0.4) is 0 Å². The molecule has 78 valence electrons. The Kier molecular flexibility index (Phi) is 5.35. The van der Waals surface area contributed by atoms with Gasteiger partial charge in [-0.3, -0.25) is 0 Å². The Hall–Kier alpha value is -0.120. The van der Waals surface area contributed by atoms with E-state index in [0.717, 1.165) is 5.92 Å². The van der Waals surface area contributed by atoms with Gasteiger partial charge < -0.3 is 10.6 Å². The van der Waals surface area contributed by atoms with Crippen LogP contribution in [0.1, 0.15) is 39.0 Å². The lowest BCUT2D eigenvalue weighted by Gasteiger charge is -2.29. The molecule has 0 heterocycles. The van der Waals surface area contributed by atoms with Crippen molar-refractivity contribution in [1.29, 1.82) is 0 Å². The van der Waals surface area contributed by atoms with Gasteiger partial charge in [0.15, 0.2) is 0 Å². The molecule has 0 radical (unpaired) electrons. The Morgan fingerprint density at radius 2 is 2.08 bits per heavy atom. The van der Waals surface area contributed by atoms with Crippen molar-refractivity contribution in [2.24, 2.45) is 11.7 Å². The molecule has 0 spiro atoms. The molecular weight excluding hydrogens is 164 g/mol. The second-order valence-electron chi connectivity index (χ2n) is 3.79. The molecule has 13 heavy (non-hydrogen) atoms. The summed E-state index contributed by atoms with van der Waals surface area (Å²) >= 11 is 0. The first-order chi connectivity index (χ1) is 6.38. The van der Waals surface area contributed by atoms with Crippen molar-refractivity contribution in [2.75, 3.05) is 13.2 Å². The number of hydrogen-bond acceptors (Lipinski definition) is 3. The summed E-state index contributed by atoms with van der Waals surface area (Å²) in [5.41, 5.74) is 8.77. The fourth-order valence-corrected chi connectivity index (χ4v) is 2.06. The lowest BCUT2D eigenvalue weighted by atomic mass is 9.84. The van der Waals surface area contributed by atoms with E-state index in [1.807, 2.05) is 6.92 Å². The molecule has 0 aliphatic heterocycles. The molecule has 1 fully saturated rings. The van der Waals surface area contributed by atoms with Crippen LogP contribution >= 0.6 is 0 Å². The second-order valence-corrected chi connectivity index (χ2v) is 3.79. The monoisotopic (exact) mass is 186 g/mol. The maximum Gasteiger partial charge on any atom is 0.0654 e. The van der Waals surface area contributed by atoms with Gasteiger partial charge in [-0.2, -0.15) is 5.48 Å². The number of nitrogens with one attached hydrogen (secondary N) is 1. The maximum atomic E-state index is 5.70. The zero-order chi connectivity index (χ0) is 9.52. The standard InChI is InChI=1S/C10H22N2O/c1-2-13-12-10(8-11)9-6-4-3-5-7-9/h9-10,12H,2-8,11H2,1H3. The summed E-state index contributed by atoms with van der Waals surface area (Å²) in [7, 11) is 0. The number of hydroxylamine groups is 1. The van der Waals surface area contributed by atoms with Gasteiger partial charge in [-0.05, 0) is 25.7 Å². The van der Waals surface area contributed by atoms with E-state index in [-0.39, 0.29) is 0 Å². The van der Waals surface area contributed by atoms with Crippen LogP contribution in [-0.4, -0.2) is 19.2 Å². The Bertz CT molecular complexity index is 124. The molecule has 3 nitrogen and oxygen atoms in total. The molecule has 0 aromatic carbocycles. The van der Waals surface area contributed by atoms with Gasteiger partial charge >= 0.3 is 0 Å². The Balaban J connectivity index is 2.26. The van der Waals surface area contributed by atoms with Gasteiger partial charge in [-0.25, -0.2) is 0 Å². The van der Waals surface area contributed by atoms with E-state index in [9.17, 15) is 0 Å². The topological polar surface area (TPSA) is 47.3 Å².